The van der Waals surface area contributed by atoms with Gasteiger partial charge < -0.3 is 5.32 Å². The van der Waals surface area contributed by atoms with Gasteiger partial charge in [0.2, 0.25) is 0 Å². The van der Waals surface area contributed by atoms with Crippen LogP contribution < -0.4 is 10.7 Å². The molecule has 0 radical (unpaired) electrons. The molecule has 0 spiro atoms. The van der Waals surface area contributed by atoms with E-state index in [0.29, 0.717) is 6.42 Å². The largest absolute Gasteiger partial charge is 0.338 e. The molecule has 0 saturated heterocycles. The molecule has 2 N–H and O–H groups in total. The zero-order valence-electron chi connectivity index (χ0n) is 15.7. The minimum absolute atomic E-state index is 0.136. The average molecular weight is 442 g/mol. The molecular weight excluding hydrogens is 423 g/mol. The summed E-state index contributed by atoms with van der Waals surface area (Å²) in [5.74, 6) is -2.15. The van der Waals surface area contributed by atoms with Crippen LogP contribution in [0.15, 0.2) is 49.1 Å². The van der Waals surface area contributed by atoms with Crippen molar-refractivity contribution in [3.05, 3.63) is 76.3 Å². The molecule has 0 unspecified atom stereocenters. The number of hydrogen-bond donors (Lipinski definition) is 2. The molecule has 5 nitrogen and oxygen atoms in total. The van der Waals surface area contributed by atoms with E-state index in [9.17, 15) is 18.4 Å². The van der Waals surface area contributed by atoms with Crippen LogP contribution in [-0.4, -0.2) is 22.5 Å². The van der Waals surface area contributed by atoms with Crippen molar-refractivity contribution in [2.24, 2.45) is 0 Å². The van der Waals surface area contributed by atoms with E-state index in [0.717, 1.165) is 23.2 Å². The van der Waals surface area contributed by atoms with Gasteiger partial charge in [0, 0.05) is 21.7 Å². The molecule has 0 fully saturated rings. The fourth-order valence-corrected chi connectivity index (χ4v) is 3.10. The second kappa shape index (κ2) is 9.24. The number of hydrazine groups is 1. The third-order valence-electron chi connectivity index (χ3n) is 3.95. The van der Waals surface area contributed by atoms with Crippen LogP contribution in [0.3, 0.4) is 0 Å². The van der Waals surface area contributed by atoms with Gasteiger partial charge in [-0.25, -0.2) is 24.0 Å². The number of nitrogens with zero attached hydrogens (tertiary/aromatic N) is 1. The first kappa shape index (κ1) is 22.6. The van der Waals surface area contributed by atoms with Crippen LogP contribution in [-0.2, 0) is 0 Å². The number of amides is 3. The highest BCUT2D eigenvalue weighted by atomic mass is 35.5. The van der Waals surface area contributed by atoms with E-state index in [1.807, 2.05) is 0 Å². The van der Waals surface area contributed by atoms with Gasteiger partial charge in [0.1, 0.15) is 11.6 Å². The quantitative estimate of drug-likeness (QED) is 0.454. The molecule has 0 atom stereocenters. The lowest BCUT2D eigenvalue weighted by Gasteiger charge is -2.37. The lowest BCUT2D eigenvalue weighted by molar-refractivity contribution is 0.0423. The fraction of sp³-hybridized carbons (Fsp3) is 0.200. The Bertz CT molecular complexity index is 931. The van der Waals surface area contributed by atoms with Gasteiger partial charge in [0.15, 0.2) is 0 Å². The Morgan fingerprint density at radius 3 is 2.34 bits per heavy atom. The van der Waals surface area contributed by atoms with Gasteiger partial charge in [-0.2, -0.15) is 0 Å². The summed E-state index contributed by atoms with van der Waals surface area (Å²) in [5, 5.41) is 3.73. The summed E-state index contributed by atoms with van der Waals surface area (Å²) in [6.07, 6.45) is 1.90. The first-order valence-electron chi connectivity index (χ1n) is 8.48. The summed E-state index contributed by atoms with van der Waals surface area (Å²) in [6.45, 7) is 7.05. The lowest BCUT2D eigenvalue weighted by Crippen LogP contribution is -2.58. The fourth-order valence-electron chi connectivity index (χ4n) is 2.57. The summed E-state index contributed by atoms with van der Waals surface area (Å²) in [7, 11) is 0. The number of urea groups is 1. The number of benzene rings is 2. The Balaban J connectivity index is 2.33. The van der Waals surface area contributed by atoms with E-state index in [2.05, 4.69) is 17.3 Å². The molecule has 154 valence electrons. The Morgan fingerprint density at radius 2 is 1.76 bits per heavy atom. The number of halogens is 4. The number of rotatable bonds is 5. The standard InChI is InChI=1S/C20H19Cl2F2N3O2/c1-4-7-20(2,3)27(18(28)12-8-13(21)10-14(22)9-12)26-19(29)25-17-11-15(23)5-6-16(17)24/h4-6,8-11H,1,7H2,2-3H3,(H2,25,26,29). The second-order valence-corrected chi connectivity index (χ2v) is 7.67. The van der Waals surface area contributed by atoms with Crippen LogP contribution in [0, 0.1) is 11.6 Å². The Hall–Kier alpha value is -2.64. The number of carbonyl (C=O) groups is 2. The molecular formula is C20H19Cl2F2N3O2. The molecule has 0 aromatic heterocycles. The van der Waals surface area contributed by atoms with Gasteiger partial charge >= 0.3 is 6.03 Å². The van der Waals surface area contributed by atoms with E-state index in [1.165, 1.54) is 18.2 Å². The normalized spacial score (nSPS) is 11.0. The van der Waals surface area contributed by atoms with E-state index < -0.39 is 29.1 Å². The van der Waals surface area contributed by atoms with Crippen molar-refractivity contribution in [2.45, 2.75) is 25.8 Å². The Morgan fingerprint density at radius 1 is 1.14 bits per heavy atom. The Labute approximate surface area is 177 Å². The summed E-state index contributed by atoms with van der Waals surface area (Å²) in [5.41, 5.74) is 1.24. The summed E-state index contributed by atoms with van der Waals surface area (Å²) in [6, 6.07) is 5.96. The van der Waals surface area contributed by atoms with E-state index in [4.69, 9.17) is 23.2 Å². The van der Waals surface area contributed by atoms with Crippen molar-refractivity contribution in [1.82, 2.24) is 10.4 Å². The summed E-state index contributed by atoms with van der Waals surface area (Å²) < 4.78 is 27.1. The van der Waals surface area contributed by atoms with Gasteiger partial charge in [-0.1, -0.05) is 29.3 Å². The van der Waals surface area contributed by atoms with Crippen molar-refractivity contribution in [1.29, 1.82) is 0 Å². The zero-order chi connectivity index (χ0) is 21.8. The molecule has 2 aromatic carbocycles. The summed E-state index contributed by atoms with van der Waals surface area (Å²) in [4.78, 5) is 25.5. The lowest BCUT2D eigenvalue weighted by atomic mass is 9.99. The molecule has 0 saturated carbocycles. The molecule has 0 bridgehead atoms. The van der Waals surface area contributed by atoms with Crippen molar-refractivity contribution in [2.75, 3.05) is 5.32 Å². The molecule has 2 rings (SSSR count). The molecule has 2 aromatic rings. The molecule has 3 amide bonds. The highest BCUT2D eigenvalue weighted by Gasteiger charge is 2.33. The minimum Gasteiger partial charge on any atom is -0.304 e. The zero-order valence-corrected chi connectivity index (χ0v) is 17.2. The molecule has 0 aliphatic carbocycles. The summed E-state index contributed by atoms with van der Waals surface area (Å²) >= 11 is 11.9. The molecule has 0 heterocycles. The number of nitrogens with one attached hydrogen (secondary N) is 2. The van der Waals surface area contributed by atoms with E-state index >= 15 is 0 Å². The van der Waals surface area contributed by atoms with Crippen LogP contribution in [0.25, 0.3) is 0 Å². The SMILES string of the molecule is C=CCC(C)(C)N(NC(=O)Nc1cc(F)ccc1F)C(=O)c1cc(Cl)cc(Cl)c1. The third kappa shape index (κ3) is 5.92. The highest BCUT2D eigenvalue weighted by molar-refractivity contribution is 6.35. The third-order valence-corrected chi connectivity index (χ3v) is 4.39. The van der Waals surface area contributed by atoms with E-state index in [-0.39, 0.29) is 21.3 Å². The Kier molecular flexibility index (Phi) is 7.21. The van der Waals surface area contributed by atoms with E-state index in [1.54, 1.807) is 19.9 Å². The second-order valence-electron chi connectivity index (χ2n) is 6.79. The monoisotopic (exact) mass is 441 g/mol. The van der Waals surface area contributed by atoms with Crippen LogP contribution in [0.2, 0.25) is 10.0 Å². The number of anilines is 1. The first-order chi connectivity index (χ1) is 13.5. The van der Waals surface area contributed by atoms with Crippen molar-refractivity contribution >= 4 is 40.8 Å². The van der Waals surface area contributed by atoms with Crippen LogP contribution in [0.5, 0.6) is 0 Å². The van der Waals surface area contributed by atoms with Gasteiger partial charge in [-0.05, 0) is 50.6 Å². The van der Waals surface area contributed by atoms with Gasteiger partial charge in [-0.3, -0.25) is 4.79 Å². The first-order valence-corrected chi connectivity index (χ1v) is 9.23. The predicted molar refractivity (Wildman–Crippen MR) is 110 cm³/mol. The molecule has 29 heavy (non-hydrogen) atoms. The maximum atomic E-state index is 13.8. The highest BCUT2D eigenvalue weighted by Crippen LogP contribution is 2.24. The van der Waals surface area contributed by atoms with Crippen LogP contribution in [0.1, 0.15) is 30.6 Å². The molecule has 0 aliphatic heterocycles. The van der Waals surface area contributed by atoms with Gasteiger partial charge in [0.05, 0.1) is 11.2 Å². The maximum Gasteiger partial charge on any atom is 0.338 e. The molecule has 0 aliphatic rings. The van der Waals surface area contributed by atoms with Crippen molar-refractivity contribution in [3.8, 4) is 0 Å². The molecule has 9 heteroatoms. The maximum absolute atomic E-state index is 13.8. The smallest absolute Gasteiger partial charge is 0.304 e. The number of hydrogen-bond acceptors (Lipinski definition) is 2. The van der Waals surface area contributed by atoms with Crippen LogP contribution in [0.4, 0.5) is 19.3 Å². The van der Waals surface area contributed by atoms with Crippen molar-refractivity contribution in [3.63, 3.8) is 0 Å². The topological polar surface area (TPSA) is 61.4 Å². The van der Waals surface area contributed by atoms with Gasteiger partial charge in [0.25, 0.3) is 5.91 Å². The minimum atomic E-state index is -0.937. The van der Waals surface area contributed by atoms with Crippen LogP contribution >= 0.6 is 23.2 Å². The average Bonchev–Trinajstić information content (AvgIpc) is 2.61. The van der Waals surface area contributed by atoms with Crippen molar-refractivity contribution < 1.29 is 18.4 Å². The van der Waals surface area contributed by atoms with Gasteiger partial charge in [-0.15, -0.1) is 6.58 Å². The predicted octanol–water partition coefficient (Wildman–Crippen LogP) is 5.81. The number of carbonyl (C=O) groups excluding carboxylic acids is 2.